The molecule has 4 N–H and O–H groups in total. The molecule has 1 atom stereocenters. The fraction of sp³-hybridized carbons (Fsp3) is 0.600. The Kier molecular flexibility index (Phi) is 4.32. The highest BCUT2D eigenvalue weighted by Crippen LogP contribution is 2.33. The van der Waals surface area contributed by atoms with Gasteiger partial charge in [-0.2, -0.15) is 0 Å². The second kappa shape index (κ2) is 5.80. The lowest BCUT2D eigenvalue weighted by molar-refractivity contribution is 0.00288. The first-order valence-corrected chi connectivity index (χ1v) is 6.98. The van der Waals surface area contributed by atoms with Crippen LogP contribution in [0.1, 0.15) is 50.6 Å². The van der Waals surface area contributed by atoms with Gasteiger partial charge in [0.15, 0.2) is 0 Å². The first-order valence-electron chi connectivity index (χ1n) is 6.98. The van der Waals surface area contributed by atoms with Crippen LogP contribution in [0.25, 0.3) is 0 Å². The first-order chi connectivity index (χ1) is 9.02. The van der Waals surface area contributed by atoms with Crippen LogP contribution in [0.4, 0.5) is 0 Å². The topological polar surface area (TPSA) is 72.7 Å². The minimum absolute atomic E-state index is 0.0793. The van der Waals surface area contributed by atoms with Crippen molar-refractivity contribution in [2.45, 2.75) is 50.7 Å². The number of phenols is 2. The van der Waals surface area contributed by atoms with Crippen molar-refractivity contribution >= 4 is 0 Å². The van der Waals surface area contributed by atoms with E-state index in [2.05, 4.69) is 5.32 Å². The third kappa shape index (κ3) is 3.39. The second-order valence-corrected chi connectivity index (χ2v) is 5.60. The van der Waals surface area contributed by atoms with Crippen LogP contribution in [0, 0.1) is 0 Å². The van der Waals surface area contributed by atoms with E-state index in [0.717, 1.165) is 25.7 Å². The standard InChI is InChI=1S/C15H23NO3/c1-11(14-12(17)6-5-7-13(14)18)16-10-15(19)8-3-2-4-9-15/h5-7,11,16-19H,2-4,8-10H2,1H3. The summed E-state index contributed by atoms with van der Waals surface area (Å²) in [5, 5.41) is 33.2. The van der Waals surface area contributed by atoms with Gasteiger partial charge in [-0.25, -0.2) is 0 Å². The van der Waals surface area contributed by atoms with Crippen molar-refractivity contribution in [2.24, 2.45) is 0 Å². The summed E-state index contributed by atoms with van der Waals surface area (Å²) in [5.41, 5.74) is -0.158. The van der Waals surface area contributed by atoms with Gasteiger partial charge in [0.1, 0.15) is 11.5 Å². The van der Waals surface area contributed by atoms with E-state index in [9.17, 15) is 15.3 Å². The summed E-state index contributed by atoms with van der Waals surface area (Å²) < 4.78 is 0. The van der Waals surface area contributed by atoms with Gasteiger partial charge in [-0.1, -0.05) is 25.3 Å². The molecule has 1 fully saturated rings. The Morgan fingerprint density at radius 1 is 1.16 bits per heavy atom. The van der Waals surface area contributed by atoms with Crippen molar-refractivity contribution in [2.75, 3.05) is 6.54 Å². The molecule has 0 saturated heterocycles. The van der Waals surface area contributed by atoms with Gasteiger partial charge in [-0.05, 0) is 31.9 Å². The zero-order valence-corrected chi connectivity index (χ0v) is 11.4. The Bertz CT molecular complexity index is 407. The number of nitrogens with one attached hydrogen (secondary N) is 1. The lowest BCUT2D eigenvalue weighted by atomic mass is 9.84. The molecule has 1 aliphatic carbocycles. The fourth-order valence-corrected chi connectivity index (χ4v) is 2.82. The van der Waals surface area contributed by atoms with Crippen molar-refractivity contribution in [3.8, 4) is 11.5 Å². The van der Waals surface area contributed by atoms with Crippen molar-refractivity contribution in [3.05, 3.63) is 23.8 Å². The highest BCUT2D eigenvalue weighted by atomic mass is 16.3. The molecule has 106 valence electrons. The number of rotatable bonds is 4. The molecule has 2 rings (SSSR count). The van der Waals surface area contributed by atoms with Crippen LogP contribution < -0.4 is 5.32 Å². The fourth-order valence-electron chi connectivity index (χ4n) is 2.82. The molecule has 1 saturated carbocycles. The lowest BCUT2D eigenvalue weighted by Gasteiger charge is -2.33. The summed E-state index contributed by atoms with van der Waals surface area (Å²) in [6.07, 6.45) is 4.96. The molecule has 1 aliphatic rings. The second-order valence-electron chi connectivity index (χ2n) is 5.60. The molecule has 0 spiro atoms. The first kappa shape index (κ1) is 14.2. The van der Waals surface area contributed by atoms with Crippen molar-refractivity contribution < 1.29 is 15.3 Å². The van der Waals surface area contributed by atoms with E-state index in [0.29, 0.717) is 12.1 Å². The molecule has 0 amide bonds. The molecule has 19 heavy (non-hydrogen) atoms. The number of benzene rings is 1. The molecule has 4 heteroatoms. The third-order valence-electron chi connectivity index (χ3n) is 4.01. The van der Waals surface area contributed by atoms with Crippen LogP contribution in [0.5, 0.6) is 11.5 Å². The van der Waals surface area contributed by atoms with Crippen LogP contribution in [0.2, 0.25) is 0 Å². The Labute approximate surface area is 114 Å². The van der Waals surface area contributed by atoms with Gasteiger partial charge in [0.05, 0.1) is 11.2 Å². The van der Waals surface area contributed by atoms with Gasteiger partial charge < -0.3 is 20.6 Å². The molecule has 0 radical (unpaired) electrons. The van der Waals surface area contributed by atoms with Crippen LogP contribution in [0.3, 0.4) is 0 Å². The number of aliphatic hydroxyl groups is 1. The summed E-state index contributed by atoms with van der Waals surface area (Å²) in [4.78, 5) is 0. The Morgan fingerprint density at radius 3 is 2.32 bits per heavy atom. The summed E-state index contributed by atoms with van der Waals surface area (Å²) in [6, 6.07) is 4.52. The number of hydrogen-bond acceptors (Lipinski definition) is 4. The van der Waals surface area contributed by atoms with Crippen LogP contribution in [-0.4, -0.2) is 27.5 Å². The van der Waals surface area contributed by atoms with Gasteiger partial charge in [-0.3, -0.25) is 0 Å². The van der Waals surface area contributed by atoms with Crippen LogP contribution >= 0.6 is 0 Å². The molecule has 1 aromatic carbocycles. The average Bonchev–Trinajstić information content (AvgIpc) is 2.37. The SMILES string of the molecule is CC(NCC1(O)CCCCC1)c1c(O)cccc1O. The predicted molar refractivity (Wildman–Crippen MR) is 74.2 cm³/mol. The minimum atomic E-state index is -0.646. The van der Waals surface area contributed by atoms with E-state index in [1.54, 1.807) is 18.2 Å². The van der Waals surface area contributed by atoms with Gasteiger partial charge in [-0.15, -0.1) is 0 Å². The number of hydrogen-bond donors (Lipinski definition) is 4. The van der Waals surface area contributed by atoms with E-state index < -0.39 is 5.60 Å². The monoisotopic (exact) mass is 265 g/mol. The van der Waals surface area contributed by atoms with Gasteiger partial charge >= 0.3 is 0 Å². The van der Waals surface area contributed by atoms with E-state index in [1.807, 2.05) is 6.92 Å². The molecular formula is C15H23NO3. The summed E-state index contributed by atoms with van der Waals surface area (Å²) >= 11 is 0. The average molecular weight is 265 g/mol. The molecule has 1 aromatic rings. The Morgan fingerprint density at radius 2 is 1.74 bits per heavy atom. The predicted octanol–water partition coefficient (Wildman–Crippen LogP) is 2.44. The van der Waals surface area contributed by atoms with E-state index in [4.69, 9.17) is 0 Å². The van der Waals surface area contributed by atoms with E-state index >= 15 is 0 Å². The maximum Gasteiger partial charge on any atom is 0.124 e. The molecule has 4 nitrogen and oxygen atoms in total. The van der Waals surface area contributed by atoms with Crippen molar-refractivity contribution in [3.63, 3.8) is 0 Å². The van der Waals surface area contributed by atoms with Gasteiger partial charge in [0.25, 0.3) is 0 Å². The molecule has 0 heterocycles. The van der Waals surface area contributed by atoms with Crippen molar-refractivity contribution in [1.82, 2.24) is 5.32 Å². The maximum absolute atomic E-state index is 10.4. The molecule has 0 bridgehead atoms. The van der Waals surface area contributed by atoms with E-state index in [-0.39, 0.29) is 17.5 Å². The molecule has 0 aromatic heterocycles. The quantitative estimate of drug-likeness (QED) is 0.675. The number of phenolic OH excluding ortho intramolecular Hbond substituents is 2. The van der Waals surface area contributed by atoms with E-state index in [1.165, 1.54) is 6.42 Å². The molecule has 0 aliphatic heterocycles. The maximum atomic E-state index is 10.4. The largest absolute Gasteiger partial charge is 0.507 e. The highest BCUT2D eigenvalue weighted by molar-refractivity contribution is 5.44. The zero-order chi connectivity index (χ0) is 13.9. The summed E-state index contributed by atoms with van der Waals surface area (Å²) in [7, 11) is 0. The van der Waals surface area contributed by atoms with Crippen LogP contribution in [0.15, 0.2) is 18.2 Å². The Balaban J connectivity index is 1.99. The normalized spacial score (nSPS) is 20.1. The van der Waals surface area contributed by atoms with Gasteiger partial charge in [0.2, 0.25) is 0 Å². The summed E-state index contributed by atoms with van der Waals surface area (Å²) in [5.74, 6) is 0.159. The Hall–Kier alpha value is -1.26. The smallest absolute Gasteiger partial charge is 0.124 e. The third-order valence-corrected chi connectivity index (χ3v) is 4.01. The molecular weight excluding hydrogens is 242 g/mol. The number of aromatic hydroxyl groups is 2. The summed E-state index contributed by atoms with van der Waals surface area (Å²) in [6.45, 7) is 2.36. The minimum Gasteiger partial charge on any atom is -0.507 e. The zero-order valence-electron chi connectivity index (χ0n) is 11.4. The van der Waals surface area contributed by atoms with Crippen LogP contribution in [-0.2, 0) is 0 Å². The lowest BCUT2D eigenvalue weighted by Crippen LogP contribution is -2.42. The van der Waals surface area contributed by atoms with Crippen molar-refractivity contribution in [1.29, 1.82) is 0 Å². The van der Waals surface area contributed by atoms with Gasteiger partial charge in [0, 0.05) is 12.6 Å². The highest BCUT2D eigenvalue weighted by Gasteiger charge is 2.29. The molecule has 1 unspecified atom stereocenters.